The minimum atomic E-state index is -1.91. The molecule has 0 saturated carbocycles. The van der Waals surface area contributed by atoms with Gasteiger partial charge in [-0.05, 0) is 18.1 Å². The van der Waals surface area contributed by atoms with E-state index >= 15 is 0 Å². The van der Waals surface area contributed by atoms with Gasteiger partial charge in [0, 0.05) is 34.4 Å². The molecular weight excluding hydrogens is 449 g/mol. The predicted octanol–water partition coefficient (Wildman–Crippen LogP) is 2.33. The zero-order chi connectivity index (χ0) is 23.2. The Labute approximate surface area is 191 Å². The highest BCUT2D eigenvalue weighted by Gasteiger charge is 2.45. The first-order valence-electron chi connectivity index (χ1n) is 10.6. The number of hydrogen-bond donors (Lipinski definition) is 2. The minimum absolute atomic E-state index is 0.0570. The van der Waals surface area contributed by atoms with E-state index in [1.54, 1.807) is 17.6 Å². The van der Waals surface area contributed by atoms with Crippen molar-refractivity contribution < 1.29 is 23.8 Å². The molecule has 0 bridgehead atoms. The van der Waals surface area contributed by atoms with Crippen LogP contribution in [0.5, 0.6) is 5.75 Å². The van der Waals surface area contributed by atoms with Crippen LogP contribution in [0.2, 0.25) is 0 Å². The molecule has 3 aliphatic rings. The fraction of sp³-hybridized carbons (Fsp3) is 0.348. The Morgan fingerprint density at radius 3 is 2.91 bits per heavy atom. The smallest absolute Gasteiger partial charge is 0.343 e. The second-order valence-electron chi connectivity index (χ2n) is 8.49. The molecule has 10 heteroatoms. The normalized spacial score (nSPS) is 22.6. The second-order valence-corrected chi connectivity index (χ2v) is 9.52. The Morgan fingerprint density at radius 1 is 1.39 bits per heavy atom. The summed E-state index contributed by atoms with van der Waals surface area (Å²) in [4.78, 5) is 31.2. The lowest BCUT2D eigenvalue weighted by atomic mass is 9.86. The van der Waals surface area contributed by atoms with E-state index in [2.05, 4.69) is 0 Å². The van der Waals surface area contributed by atoms with Crippen LogP contribution >= 0.6 is 11.8 Å². The van der Waals surface area contributed by atoms with E-state index in [9.17, 15) is 19.1 Å². The van der Waals surface area contributed by atoms with E-state index in [1.165, 1.54) is 24.9 Å². The van der Waals surface area contributed by atoms with Crippen molar-refractivity contribution in [2.24, 2.45) is 5.73 Å². The lowest BCUT2D eigenvalue weighted by molar-refractivity contribution is -0.172. The highest BCUT2D eigenvalue weighted by Crippen LogP contribution is 2.49. The summed E-state index contributed by atoms with van der Waals surface area (Å²) in [7, 11) is 1.43. The Kier molecular flexibility index (Phi) is 4.24. The number of fused-ring (bicyclic) bond motifs is 5. The molecule has 0 radical (unpaired) electrons. The van der Waals surface area contributed by atoms with Crippen molar-refractivity contribution in [3.05, 3.63) is 50.6 Å². The zero-order valence-corrected chi connectivity index (χ0v) is 18.7. The molecule has 8 nitrogen and oxygen atoms in total. The van der Waals surface area contributed by atoms with Gasteiger partial charge in [-0.15, -0.1) is 11.8 Å². The first-order chi connectivity index (χ1) is 15.8. The maximum Gasteiger partial charge on any atom is 0.343 e. The number of methoxy groups -OCH3 is 1. The van der Waals surface area contributed by atoms with Crippen molar-refractivity contribution in [1.82, 2.24) is 9.55 Å². The van der Waals surface area contributed by atoms with Crippen LogP contribution in [0, 0.1) is 5.82 Å². The third-order valence-electron chi connectivity index (χ3n) is 6.87. The van der Waals surface area contributed by atoms with Gasteiger partial charge in [0.05, 0.1) is 41.0 Å². The monoisotopic (exact) mass is 469 g/mol. The molecule has 0 saturated heterocycles. The van der Waals surface area contributed by atoms with Crippen molar-refractivity contribution in [3.63, 3.8) is 0 Å². The van der Waals surface area contributed by atoms with Crippen molar-refractivity contribution in [1.29, 1.82) is 0 Å². The van der Waals surface area contributed by atoms with E-state index in [4.69, 9.17) is 20.2 Å². The van der Waals surface area contributed by atoms with E-state index in [0.29, 0.717) is 27.6 Å². The first kappa shape index (κ1) is 20.6. The lowest BCUT2D eigenvalue weighted by Gasteiger charge is -2.31. The van der Waals surface area contributed by atoms with Gasteiger partial charge >= 0.3 is 5.97 Å². The first-order valence-corrected chi connectivity index (χ1v) is 11.6. The largest absolute Gasteiger partial charge is 0.492 e. The Bertz CT molecular complexity index is 1470. The van der Waals surface area contributed by atoms with Crippen molar-refractivity contribution in [3.8, 4) is 17.1 Å². The molecule has 0 spiro atoms. The number of nitrogens with two attached hydrogens (primary N) is 1. The van der Waals surface area contributed by atoms with Crippen molar-refractivity contribution >= 4 is 28.6 Å². The third-order valence-corrected chi connectivity index (χ3v) is 8.07. The average molecular weight is 469 g/mol. The molecule has 0 aliphatic carbocycles. The molecule has 6 rings (SSSR count). The molecule has 0 fully saturated rings. The number of esters is 1. The molecule has 3 aliphatic heterocycles. The number of halogens is 1. The molecule has 2 atom stereocenters. The van der Waals surface area contributed by atoms with Gasteiger partial charge in [-0.25, -0.2) is 14.2 Å². The zero-order valence-electron chi connectivity index (χ0n) is 17.9. The average Bonchev–Trinajstić information content (AvgIpc) is 3.17. The number of carbonyl (C=O) groups is 1. The molecule has 5 heterocycles. The molecule has 1 aromatic carbocycles. The molecule has 0 unspecified atom stereocenters. The van der Waals surface area contributed by atoms with E-state index < -0.39 is 17.4 Å². The maximum absolute atomic E-state index is 14.8. The fourth-order valence-electron chi connectivity index (χ4n) is 5.19. The topological polar surface area (TPSA) is 117 Å². The number of nitrogens with zero attached hydrogens (tertiary/aromatic N) is 2. The van der Waals surface area contributed by atoms with E-state index in [-0.39, 0.29) is 48.0 Å². The predicted molar refractivity (Wildman–Crippen MR) is 119 cm³/mol. The van der Waals surface area contributed by atoms with Gasteiger partial charge in [-0.2, -0.15) is 0 Å². The number of cyclic esters (lactones) is 1. The van der Waals surface area contributed by atoms with Gasteiger partial charge in [0.15, 0.2) is 17.2 Å². The standard InChI is InChI=1S/C23H20FN3O5S/c1-3-23(30)11-4-15-18-9(6-27(15)21(28)10(11)7-32-22(23)29)16-13(25)8-33-20-17(16)14(26-18)5-12(24)19(20)31-2/h4-5,13,30H,3,6-8,25H2,1-2H3/t13-,23+/m1/s1. The van der Waals surface area contributed by atoms with E-state index in [0.717, 1.165) is 16.5 Å². The fourth-order valence-corrected chi connectivity index (χ4v) is 6.37. The van der Waals surface area contributed by atoms with Crippen LogP contribution in [0.25, 0.3) is 22.3 Å². The van der Waals surface area contributed by atoms with E-state index in [1.807, 2.05) is 0 Å². The van der Waals surface area contributed by atoms with Gasteiger partial charge in [-0.1, -0.05) is 6.92 Å². The van der Waals surface area contributed by atoms with Crippen LogP contribution in [0.4, 0.5) is 4.39 Å². The number of carbonyl (C=O) groups excluding carboxylic acids is 1. The number of benzene rings is 1. The number of rotatable bonds is 2. The summed E-state index contributed by atoms with van der Waals surface area (Å²) in [6, 6.07) is 2.62. The van der Waals surface area contributed by atoms with Gasteiger partial charge in [0.1, 0.15) is 6.61 Å². The van der Waals surface area contributed by atoms with Crippen LogP contribution in [-0.2, 0) is 28.3 Å². The third kappa shape index (κ3) is 2.51. The second kappa shape index (κ2) is 6.78. The summed E-state index contributed by atoms with van der Waals surface area (Å²) in [6.45, 7) is 1.70. The Morgan fingerprint density at radius 2 is 2.18 bits per heavy atom. The van der Waals surface area contributed by atoms with Gasteiger partial charge < -0.3 is 24.9 Å². The number of thioether (sulfide) groups is 1. The summed E-state index contributed by atoms with van der Waals surface area (Å²) in [5, 5.41) is 11.8. The van der Waals surface area contributed by atoms with Crippen LogP contribution in [-0.4, -0.2) is 33.5 Å². The van der Waals surface area contributed by atoms with Crippen LogP contribution < -0.4 is 16.0 Å². The maximum atomic E-state index is 14.8. The summed E-state index contributed by atoms with van der Waals surface area (Å²) < 4.78 is 26.8. The molecule has 170 valence electrons. The Hall–Kier alpha value is -2.95. The summed E-state index contributed by atoms with van der Waals surface area (Å²) in [5.74, 6) is -0.614. The van der Waals surface area contributed by atoms with Crippen LogP contribution in [0.1, 0.15) is 41.6 Å². The lowest BCUT2D eigenvalue weighted by Crippen LogP contribution is -2.44. The van der Waals surface area contributed by atoms with Crippen molar-refractivity contribution in [2.45, 2.75) is 43.0 Å². The molecular formula is C23H20FN3O5S. The highest BCUT2D eigenvalue weighted by molar-refractivity contribution is 7.99. The van der Waals surface area contributed by atoms with Crippen molar-refractivity contribution in [2.75, 3.05) is 12.9 Å². The van der Waals surface area contributed by atoms with Gasteiger partial charge in [-0.3, -0.25) is 4.79 Å². The highest BCUT2D eigenvalue weighted by atomic mass is 32.2. The number of pyridine rings is 2. The van der Waals surface area contributed by atoms with Gasteiger partial charge in [0.2, 0.25) is 0 Å². The van der Waals surface area contributed by atoms with Crippen LogP contribution in [0.3, 0.4) is 0 Å². The Balaban J connectivity index is 1.69. The molecule has 3 N–H and O–H groups in total. The molecule has 0 amide bonds. The summed E-state index contributed by atoms with van der Waals surface area (Å²) >= 11 is 1.42. The molecule has 3 aromatic rings. The summed E-state index contributed by atoms with van der Waals surface area (Å²) in [5.41, 5.74) is 7.75. The quantitative estimate of drug-likeness (QED) is 0.430. The number of hydrogen-bond acceptors (Lipinski definition) is 8. The number of ether oxygens (including phenoxy) is 2. The van der Waals surface area contributed by atoms with Gasteiger partial charge in [0.25, 0.3) is 5.56 Å². The van der Waals surface area contributed by atoms with Crippen LogP contribution in [0.15, 0.2) is 21.8 Å². The SMILES string of the molecule is CC[C@@]1(O)C(=O)OCc2c1cc1n(c2=O)Cc2c-1nc1cc(F)c(OC)c3c1c2[C@H](N)CS3. The minimum Gasteiger partial charge on any atom is -0.492 e. The number of aliphatic hydroxyl groups is 1. The number of aromatic nitrogens is 2. The molecule has 2 aromatic heterocycles. The molecule has 33 heavy (non-hydrogen) atoms. The summed E-state index contributed by atoms with van der Waals surface area (Å²) in [6.07, 6.45) is 0.0570.